The van der Waals surface area contributed by atoms with Gasteiger partial charge in [-0.3, -0.25) is 14.9 Å². The van der Waals surface area contributed by atoms with E-state index in [1.54, 1.807) is 0 Å². The molecule has 2 aromatic rings. The first kappa shape index (κ1) is 19.6. The summed E-state index contributed by atoms with van der Waals surface area (Å²) < 4.78 is 15.5. The molecular weight excluding hydrogens is 360 g/mol. The van der Waals surface area contributed by atoms with Crippen molar-refractivity contribution >= 4 is 23.6 Å². The Morgan fingerprint density at radius 3 is 2.37 bits per heavy atom. The summed E-state index contributed by atoms with van der Waals surface area (Å²) in [5, 5.41) is 11.6. The molecule has 0 spiro atoms. The standard InChI is InChI=1S/C17H16N2O8/c1-10(20)27-9-12-7-11(16(21)25-2)8-14(19(23)24)15(12)18-6-4-5-13(18)17(22)26-3/h4-8H,9H2,1-3H3. The van der Waals surface area contributed by atoms with E-state index in [2.05, 4.69) is 9.47 Å². The summed E-state index contributed by atoms with van der Waals surface area (Å²) in [7, 11) is 2.31. The van der Waals surface area contributed by atoms with Gasteiger partial charge in [-0.15, -0.1) is 0 Å². The topological polar surface area (TPSA) is 127 Å². The number of esters is 3. The molecule has 0 radical (unpaired) electrons. The zero-order valence-electron chi connectivity index (χ0n) is 14.8. The smallest absolute Gasteiger partial charge is 0.355 e. The molecule has 0 atom stereocenters. The van der Waals surface area contributed by atoms with Crippen LogP contribution in [0.3, 0.4) is 0 Å². The molecule has 0 aliphatic rings. The molecule has 0 bridgehead atoms. The lowest BCUT2D eigenvalue weighted by molar-refractivity contribution is -0.384. The Morgan fingerprint density at radius 1 is 1.15 bits per heavy atom. The van der Waals surface area contributed by atoms with Crippen LogP contribution in [0.2, 0.25) is 0 Å². The largest absolute Gasteiger partial charge is 0.465 e. The lowest BCUT2D eigenvalue weighted by atomic mass is 10.1. The number of nitro groups is 1. The normalized spacial score (nSPS) is 10.2. The van der Waals surface area contributed by atoms with Crippen molar-refractivity contribution in [3.8, 4) is 5.69 Å². The fourth-order valence-corrected chi connectivity index (χ4v) is 2.47. The highest BCUT2D eigenvalue weighted by atomic mass is 16.6. The zero-order chi connectivity index (χ0) is 20.1. The van der Waals surface area contributed by atoms with Crippen molar-refractivity contribution in [1.82, 2.24) is 4.57 Å². The second-order valence-corrected chi connectivity index (χ2v) is 5.29. The van der Waals surface area contributed by atoms with Crippen LogP contribution in [0.25, 0.3) is 5.69 Å². The molecule has 0 aliphatic heterocycles. The van der Waals surface area contributed by atoms with Crippen LogP contribution in [-0.4, -0.2) is 41.6 Å². The molecule has 0 fully saturated rings. The molecule has 1 aromatic heterocycles. The van der Waals surface area contributed by atoms with E-state index in [-0.39, 0.29) is 29.1 Å². The van der Waals surface area contributed by atoms with Gasteiger partial charge in [0.15, 0.2) is 0 Å². The number of benzene rings is 1. The fourth-order valence-electron chi connectivity index (χ4n) is 2.47. The number of hydrogen-bond donors (Lipinski definition) is 0. The van der Waals surface area contributed by atoms with E-state index in [1.807, 2.05) is 0 Å². The average molecular weight is 376 g/mol. The van der Waals surface area contributed by atoms with Crippen molar-refractivity contribution in [3.05, 3.63) is 57.4 Å². The van der Waals surface area contributed by atoms with Gasteiger partial charge in [0.25, 0.3) is 5.69 Å². The minimum Gasteiger partial charge on any atom is -0.465 e. The summed E-state index contributed by atoms with van der Waals surface area (Å²) in [4.78, 5) is 46.0. The van der Waals surface area contributed by atoms with Crippen LogP contribution in [0.5, 0.6) is 0 Å². The van der Waals surface area contributed by atoms with Gasteiger partial charge in [-0.1, -0.05) is 0 Å². The molecule has 142 valence electrons. The van der Waals surface area contributed by atoms with Crippen LogP contribution in [0.1, 0.15) is 33.3 Å². The number of aromatic nitrogens is 1. The maximum Gasteiger partial charge on any atom is 0.355 e. The summed E-state index contributed by atoms with van der Waals surface area (Å²) in [5.41, 5.74) is -0.431. The molecule has 1 aromatic carbocycles. The van der Waals surface area contributed by atoms with Crippen LogP contribution < -0.4 is 0 Å². The molecule has 0 amide bonds. The fraction of sp³-hybridized carbons (Fsp3) is 0.235. The van der Waals surface area contributed by atoms with Crippen molar-refractivity contribution in [2.45, 2.75) is 13.5 Å². The van der Waals surface area contributed by atoms with E-state index in [4.69, 9.17) is 4.74 Å². The van der Waals surface area contributed by atoms with Gasteiger partial charge in [0, 0.05) is 24.8 Å². The first-order valence-corrected chi connectivity index (χ1v) is 7.59. The Hall–Kier alpha value is -3.69. The Labute approximate surface area is 153 Å². The summed E-state index contributed by atoms with van der Waals surface area (Å²) in [6.45, 7) is 0.822. The minimum absolute atomic E-state index is 0.0236. The van der Waals surface area contributed by atoms with Gasteiger partial charge in [0.2, 0.25) is 0 Å². The Bertz CT molecular complexity index is 916. The van der Waals surface area contributed by atoms with Gasteiger partial charge in [-0.25, -0.2) is 9.59 Å². The molecule has 0 unspecified atom stereocenters. The van der Waals surface area contributed by atoms with E-state index in [9.17, 15) is 24.5 Å². The van der Waals surface area contributed by atoms with Crippen LogP contribution in [0.15, 0.2) is 30.5 Å². The monoisotopic (exact) mass is 376 g/mol. The van der Waals surface area contributed by atoms with E-state index in [0.717, 1.165) is 13.2 Å². The maximum atomic E-state index is 12.0. The van der Waals surface area contributed by atoms with Crippen LogP contribution in [0, 0.1) is 10.1 Å². The molecule has 0 saturated heterocycles. The van der Waals surface area contributed by atoms with Crippen LogP contribution in [0.4, 0.5) is 5.69 Å². The molecule has 10 heteroatoms. The number of methoxy groups -OCH3 is 2. The van der Waals surface area contributed by atoms with Crippen molar-refractivity contribution < 1.29 is 33.5 Å². The molecule has 0 saturated carbocycles. The maximum absolute atomic E-state index is 12.0. The molecule has 1 heterocycles. The van der Waals surface area contributed by atoms with Gasteiger partial charge in [-0.05, 0) is 18.2 Å². The second-order valence-electron chi connectivity index (χ2n) is 5.29. The molecule has 0 aliphatic carbocycles. The van der Waals surface area contributed by atoms with Gasteiger partial charge in [-0.2, -0.15) is 0 Å². The highest BCUT2D eigenvalue weighted by molar-refractivity contribution is 5.92. The number of ether oxygens (including phenoxy) is 3. The van der Waals surface area contributed by atoms with Gasteiger partial charge >= 0.3 is 17.9 Å². The minimum atomic E-state index is -0.797. The van der Waals surface area contributed by atoms with Crippen LogP contribution >= 0.6 is 0 Å². The van der Waals surface area contributed by atoms with Gasteiger partial charge in [0.05, 0.1) is 24.7 Å². The molecule has 0 N–H and O–H groups in total. The Kier molecular flexibility index (Phi) is 5.91. The summed E-state index contributed by atoms with van der Waals surface area (Å²) >= 11 is 0. The summed E-state index contributed by atoms with van der Waals surface area (Å²) in [5.74, 6) is -2.13. The van der Waals surface area contributed by atoms with E-state index in [0.29, 0.717) is 0 Å². The first-order chi connectivity index (χ1) is 12.8. The van der Waals surface area contributed by atoms with Crippen LogP contribution in [-0.2, 0) is 25.6 Å². The number of nitro benzene ring substituents is 1. The molecule has 2 rings (SSSR count). The average Bonchev–Trinajstić information content (AvgIpc) is 3.13. The Morgan fingerprint density at radius 2 is 1.81 bits per heavy atom. The van der Waals surface area contributed by atoms with Crippen molar-refractivity contribution in [2.24, 2.45) is 0 Å². The van der Waals surface area contributed by atoms with Crippen molar-refractivity contribution in [1.29, 1.82) is 0 Å². The Balaban J connectivity index is 2.78. The van der Waals surface area contributed by atoms with Gasteiger partial charge < -0.3 is 18.8 Å². The van der Waals surface area contributed by atoms with Crippen molar-refractivity contribution in [2.75, 3.05) is 14.2 Å². The van der Waals surface area contributed by atoms with E-state index < -0.39 is 28.5 Å². The van der Waals surface area contributed by atoms with Crippen molar-refractivity contribution in [3.63, 3.8) is 0 Å². The lowest BCUT2D eigenvalue weighted by Crippen LogP contribution is -2.14. The quantitative estimate of drug-likeness (QED) is 0.324. The lowest BCUT2D eigenvalue weighted by Gasteiger charge is -2.15. The summed E-state index contributed by atoms with van der Waals surface area (Å²) in [6, 6.07) is 5.25. The second kappa shape index (κ2) is 8.13. The summed E-state index contributed by atoms with van der Waals surface area (Å²) in [6.07, 6.45) is 1.42. The van der Waals surface area contributed by atoms with E-state index in [1.165, 1.54) is 43.0 Å². The highest BCUT2D eigenvalue weighted by Crippen LogP contribution is 2.31. The molecular formula is C17H16N2O8. The number of hydrogen-bond acceptors (Lipinski definition) is 8. The number of carbonyl (C=O) groups is 3. The SMILES string of the molecule is COC(=O)c1cc(COC(C)=O)c(-n2cccc2C(=O)OC)c([N+](=O)[O-])c1. The number of nitrogens with zero attached hydrogens (tertiary/aromatic N) is 2. The first-order valence-electron chi connectivity index (χ1n) is 7.59. The third kappa shape index (κ3) is 4.11. The highest BCUT2D eigenvalue weighted by Gasteiger charge is 2.27. The predicted molar refractivity (Wildman–Crippen MR) is 90.6 cm³/mol. The molecule has 10 nitrogen and oxygen atoms in total. The van der Waals surface area contributed by atoms with E-state index >= 15 is 0 Å². The number of rotatable bonds is 6. The zero-order valence-corrected chi connectivity index (χ0v) is 14.8. The number of carbonyl (C=O) groups excluding carboxylic acids is 3. The predicted octanol–water partition coefficient (Wildman–Crippen LogP) is 2.02. The van der Waals surface area contributed by atoms with Gasteiger partial charge in [0.1, 0.15) is 18.0 Å². The third-order valence-corrected chi connectivity index (χ3v) is 3.60. The molecule has 27 heavy (non-hydrogen) atoms. The third-order valence-electron chi connectivity index (χ3n) is 3.60.